The molecule has 0 radical (unpaired) electrons. The molecule has 1 saturated carbocycles. The van der Waals surface area contributed by atoms with Crippen LogP contribution in [0.25, 0.3) is 0 Å². The maximum Gasteiger partial charge on any atom is 0.255 e. The monoisotopic (exact) mass is 358 g/mol. The fourth-order valence-corrected chi connectivity index (χ4v) is 3.29. The first-order chi connectivity index (χ1) is 9.37. The van der Waals surface area contributed by atoms with Crippen LogP contribution in [0, 0.1) is 0 Å². The maximum atomic E-state index is 12.6. The van der Waals surface area contributed by atoms with E-state index in [-0.39, 0.29) is 11.4 Å². The minimum atomic E-state index is -0.0237. The van der Waals surface area contributed by atoms with Gasteiger partial charge in [-0.15, -0.1) is 0 Å². The van der Waals surface area contributed by atoms with Crippen LogP contribution in [-0.4, -0.2) is 48.9 Å². The van der Waals surface area contributed by atoms with E-state index in [4.69, 9.17) is 11.6 Å². The Morgan fingerprint density at radius 2 is 2.00 bits per heavy atom. The third kappa shape index (κ3) is 2.87. The highest BCUT2D eigenvalue weighted by atomic mass is 79.9. The highest BCUT2D eigenvalue weighted by Crippen LogP contribution is 2.37. The van der Waals surface area contributed by atoms with Gasteiger partial charge in [-0.1, -0.05) is 17.7 Å². The van der Waals surface area contributed by atoms with Gasteiger partial charge in [0.2, 0.25) is 0 Å². The normalized spacial score (nSPS) is 16.9. The lowest BCUT2D eigenvalue weighted by Gasteiger charge is -2.49. The smallest absolute Gasteiger partial charge is 0.255 e. The molecule has 0 unspecified atom stereocenters. The summed E-state index contributed by atoms with van der Waals surface area (Å²) in [5.41, 5.74) is 0.680. The Kier molecular flexibility index (Phi) is 4.77. The molecule has 0 heterocycles. The molecule has 5 heteroatoms. The highest BCUT2D eigenvalue weighted by Gasteiger charge is 2.40. The molecule has 2 rings (SSSR count). The van der Waals surface area contributed by atoms with Gasteiger partial charge in [-0.2, -0.15) is 0 Å². The quantitative estimate of drug-likeness (QED) is 0.819. The summed E-state index contributed by atoms with van der Waals surface area (Å²) in [4.78, 5) is 16.6. The van der Waals surface area contributed by atoms with Crippen molar-refractivity contribution in [3.05, 3.63) is 33.3 Å². The number of likely N-dealkylation sites (N-methyl/N-ethyl adjacent to an activating group) is 2. The Morgan fingerprint density at radius 3 is 2.50 bits per heavy atom. The average molecular weight is 360 g/mol. The van der Waals surface area contributed by atoms with Crippen LogP contribution in [-0.2, 0) is 0 Å². The van der Waals surface area contributed by atoms with Crippen molar-refractivity contribution in [3.63, 3.8) is 0 Å². The van der Waals surface area contributed by atoms with Gasteiger partial charge in [0.25, 0.3) is 5.91 Å². The summed E-state index contributed by atoms with van der Waals surface area (Å²) in [5.74, 6) is -0.0237. The molecular formula is C15H20BrClN2O. The molecule has 1 aliphatic carbocycles. The van der Waals surface area contributed by atoms with Crippen molar-refractivity contribution in [2.24, 2.45) is 0 Å². The zero-order valence-corrected chi connectivity index (χ0v) is 14.5. The SMILES string of the molecule is CN(CC1(N(C)C)CCC1)C(=O)c1cccc(Br)c1Cl. The fraction of sp³-hybridized carbons (Fsp3) is 0.533. The van der Waals surface area contributed by atoms with Gasteiger partial charge in [-0.05, 0) is 61.4 Å². The molecule has 3 nitrogen and oxygen atoms in total. The third-order valence-corrected chi connectivity index (χ3v) is 5.59. The number of hydrogen-bond donors (Lipinski definition) is 0. The predicted molar refractivity (Wildman–Crippen MR) is 86.4 cm³/mol. The van der Waals surface area contributed by atoms with Gasteiger partial charge in [0.1, 0.15) is 0 Å². The van der Waals surface area contributed by atoms with Gasteiger partial charge in [-0.3, -0.25) is 4.79 Å². The van der Waals surface area contributed by atoms with Gasteiger partial charge < -0.3 is 9.80 Å². The molecule has 1 aliphatic rings. The summed E-state index contributed by atoms with van der Waals surface area (Å²) >= 11 is 9.57. The number of carbonyl (C=O) groups is 1. The van der Waals surface area contributed by atoms with Crippen molar-refractivity contribution >= 4 is 33.4 Å². The lowest BCUT2D eigenvalue weighted by Crippen LogP contribution is -2.57. The molecule has 20 heavy (non-hydrogen) atoms. The molecule has 1 aromatic rings. The van der Waals surface area contributed by atoms with Crippen molar-refractivity contribution in [1.29, 1.82) is 0 Å². The Morgan fingerprint density at radius 1 is 1.35 bits per heavy atom. The molecule has 0 spiro atoms. The molecule has 1 aromatic carbocycles. The first kappa shape index (κ1) is 15.8. The third-order valence-electron chi connectivity index (χ3n) is 4.29. The van der Waals surface area contributed by atoms with Gasteiger partial charge in [0.05, 0.1) is 10.6 Å². The molecule has 1 amide bonds. The van der Waals surface area contributed by atoms with Crippen LogP contribution in [0.5, 0.6) is 0 Å². The summed E-state index contributed by atoms with van der Waals surface area (Å²) in [7, 11) is 6.02. The molecule has 0 N–H and O–H groups in total. The Balaban J connectivity index is 2.15. The summed E-state index contributed by atoms with van der Waals surface area (Å²) in [6, 6.07) is 5.45. The van der Waals surface area contributed by atoms with Crippen molar-refractivity contribution in [2.45, 2.75) is 24.8 Å². The summed E-state index contributed by atoms with van der Waals surface area (Å²) in [5, 5.41) is 0.483. The number of carbonyl (C=O) groups excluding carboxylic acids is 1. The summed E-state index contributed by atoms with van der Waals surface area (Å²) < 4.78 is 0.754. The van der Waals surface area contributed by atoms with E-state index in [1.807, 2.05) is 19.2 Å². The second kappa shape index (κ2) is 6.04. The van der Waals surface area contributed by atoms with Gasteiger partial charge >= 0.3 is 0 Å². The minimum Gasteiger partial charge on any atom is -0.340 e. The fourth-order valence-electron chi connectivity index (χ4n) is 2.72. The zero-order chi connectivity index (χ0) is 14.9. The van der Waals surface area contributed by atoms with Crippen LogP contribution in [0.3, 0.4) is 0 Å². The minimum absolute atomic E-state index is 0.0237. The first-order valence-corrected chi connectivity index (χ1v) is 7.91. The number of hydrogen-bond acceptors (Lipinski definition) is 2. The molecule has 1 fully saturated rings. The zero-order valence-electron chi connectivity index (χ0n) is 12.1. The lowest BCUT2D eigenvalue weighted by atomic mass is 9.75. The van der Waals surface area contributed by atoms with Crippen LogP contribution in [0.2, 0.25) is 5.02 Å². The summed E-state index contributed by atoms with van der Waals surface area (Å²) in [6.45, 7) is 0.738. The maximum absolute atomic E-state index is 12.6. The van der Waals surface area contributed by atoms with Gasteiger partial charge in [-0.25, -0.2) is 0 Å². The second-order valence-electron chi connectivity index (χ2n) is 5.73. The average Bonchev–Trinajstić information content (AvgIpc) is 2.35. The number of halogens is 2. The standard InChI is InChI=1S/C15H20BrClN2O/c1-18(2)15(8-5-9-15)10-19(3)14(20)11-6-4-7-12(16)13(11)17/h4,6-7H,5,8-10H2,1-3H3. The van der Waals surface area contributed by atoms with Crippen LogP contribution in [0.1, 0.15) is 29.6 Å². The molecule has 110 valence electrons. The van der Waals surface area contributed by atoms with Crippen LogP contribution in [0.15, 0.2) is 22.7 Å². The topological polar surface area (TPSA) is 23.6 Å². The van der Waals surface area contributed by atoms with E-state index in [0.717, 1.165) is 23.9 Å². The van der Waals surface area contributed by atoms with Crippen LogP contribution in [0.4, 0.5) is 0 Å². The predicted octanol–water partition coefficient (Wildman–Crippen LogP) is 3.66. The molecule has 0 atom stereocenters. The van der Waals surface area contributed by atoms with E-state index in [1.54, 1.807) is 11.0 Å². The van der Waals surface area contributed by atoms with Crippen molar-refractivity contribution < 1.29 is 4.79 Å². The lowest BCUT2D eigenvalue weighted by molar-refractivity contribution is 0.0252. The molecule has 0 aromatic heterocycles. The number of nitrogens with zero attached hydrogens (tertiary/aromatic N) is 2. The Labute approximate surface area is 134 Å². The van der Waals surface area contributed by atoms with E-state index in [2.05, 4.69) is 34.9 Å². The van der Waals surface area contributed by atoms with Crippen LogP contribution >= 0.6 is 27.5 Å². The van der Waals surface area contributed by atoms with E-state index >= 15 is 0 Å². The van der Waals surface area contributed by atoms with Crippen molar-refractivity contribution in [1.82, 2.24) is 9.80 Å². The van der Waals surface area contributed by atoms with E-state index in [9.17, 15) is 4.79 Å². The number of amides is 1. The van der Waals surface area contributed by atoms with Crippen molar-refractivity contribution in [3.8, 4) is 0 Å². The van der Waals surface area contributed by atoms with E-state index in [1.165, 1.54) is 6.42 Å². The Bertz CT molecular complexity index is 515. The molecule has 0 bridgehead atoms. The second-order valence-corrected chi connectivity index (χ2v) is 6.97. The Hall–Kier alpha value is -0.580. The summed E-state index contributed by atoms with van der Waals surface area (Å²) in [6.07, 6.45) is 3.52. The molecule has 0 saturated heterocycles. The van der Waals surface area contributed by atoms with Crippen LogP contribution < -0.4 is 0 Å². The van der Waals surface area contributed by atoms with Crippen molar-refractivity contribution in [2.75, 3.05) is 27.7 Å². The number of rotatable bonds is 4. The van der Waals surface area contributed by atoms with E-state index in [0.29, 0.717) is 10.6 Å². The van der Waals surface area contributed by atoms with E-state index < -0.39 is 0 Å². The largest absolute Gasteiger partial charge is 0.340 e. The van der Waals surface area contributed by atoms with Gasteiger partial charge in [0.15, 0.2) is 0 Å². The first-order valence-electron chi connectivity index (χ1n) is 6.74. The molecule has 0 aliphatic heterocycles. The molecular weight excluding hydrogens is 340 g/mol. The highest BCUT2D eigenvalue weighted by molar-refractivity contribution is 9.10. The van der Waals surface area contributed by atoms with Gasteiger partial charge in [0, 0.05) is 23.6 Å². The number of benzene rings is 1.